The van der Waals surface area contributed by atoms with Gasteiger partial charge >= 0.3 is 0 Å². The molecule has 4 heteroatoms. The van der Waals surface area contributed by atoms with E-state index in [9.17, 15) is 0 Å². The highest BCUT2D eigenvalue weighted by Crippen LogP contribution is 2.02. The van der Waals surface area contributed by atoms with E-state index >= 15 is 0 Å². The molecule has 0 fully saturated rings. The van der Waals surface area contributed by atoms with E-state index in [1.54, 1.807) is 6.92 Å². The van der Waals surface area contributed by atoms with Crippen molar-refractivity contribution in [1.82, 2.24) is 0 Å². The molecule has 0 aromatic rings. The Morgan fingerprint density at radius 3 is 2.40 bits per heavy atom. The number of nitrogens with two attached hydrogens (primary N) is 1. The summed E-state index contributed by atoms with van der Waals surface area (Å²) in [5, 5.41) is 0. The summed E-state index contributed by atoms with van der Waals surface area (Å²) in [5.74, 6) is -0.203. The van der Waals surface area contributed by atoms with Crippen LogP contribution in [0.25, 0.3) is 9.69 Å². The average molecular weight is 134 g/mol. The molecule has 50 valence electrons. The third-order valence-electron chi connectivity index (χ3n) is 0.707. The first-order valence-electron chi connectivity index (χ1n) is 2.49. The van der Waals surface area contributed by atoms with E-state index in [1.807, 2.05) is 0 Å². The number of hydrogen-bond donors (Lipinski definition) is 1. The fraction of sp³-hybridized carbons (Fsp3) is 0.167. The van der Waals surface area contributed by atoms with Crippen molar-refractivity contribution in [2.24, 2.45) is 10.7 Å². The molecule has 0 amide bonds. The molecule has 0 atom stereocenters. The molecule has 10 heavy (non-hydrogen) atoms. The monoisotopic (exact) mass is 134 g/mol. The minimum absolute atomic E-state index is 0.0440. The Morgan fingerprint density at radius 2 is 2.10 bits per heavy atom. The standard InChI is InChI=1S/C6H6N4/c1-4-10-6(9-3)5(7)8-2/h4H,7H2,1H3/b6-5+,10-4?. The molecular weight excluding hydrogens is 128 g/mol. The van der Waals surface area contributed by atoms with Gasteiger partial charge in [0.1, 0.15) is 0 Å². The molecule has 0 aliphatic rings. The zero-order chi connectivity index (χ0) is 7.98. The average Bonchev–Trinajstić information content (AvgIpc) is 1.99. The Morgan fingerprint density at radius 1 is 1.50 bits per heavy atom. The van der Waals surface area contributed by atoms with Gasteiger partial charge in [0.15, 0.2) is 0 Å². The topological polar surface area (TPSA) is 47.1 Å². The van der Waals surface area contributed by atoms with Crippen molar-refractivity contribution in [3.05, 3.63) is 34.5 Å². The Balaban J connectivity index is 4.72. The van der Waals surface area contributed by atoms with Crippen LogP contribution in [0, 0.1) is 13.1 Å². The molecule has 0 rings (SSSR count). The van der Waals surface area contributed by atoms with Gasteiger partial charge in [-0.05, 0) is 6.92 Å². The van der Waals surface area contributed by atoms with Crippen LogP contribution in [0.15, 0.2) is 16.6 Å². The second-order valence-electron chi connectivity index (χ2n) is 1.32. The van der Waals surface area contributed by atoms with E-state index in [-0.39, 0.29) is 11.6 Å². The zero-order valence-electron chi connectivity index (χ0n) is 5.50. The predicted molar refractivity (Wildman–Crippen MR) is 38.6 cm³/mol. The van der Waals surface area contributed by atoms with Gasteiger partial charge in [-0.25, -0.2) is 0 Å². The van der Waals surface area contributed by atoms with Crippen molar-refractivity contribution in [3.63, 3.8) is 0 Å². The van der Waals surface area contributed by atoms with Crippen molar-refractivity contribution in [2.45, 2.75) is 6.92 Å². The first kappa shape index (κ1) is 8.19. The zero-order valence-corrected chi connectivity index (χ0v) is 5.50. The van der Waals surface area contributed by atoms with Crippen LogP contribution in [0.3, 0.4) is 0 Å². The Labute approximate surface area is 59.3 Å². The maximum atomic E-state index is 6.53. The van der Waals surface area contributed by atoms with Crippen molar-refractivity contribution < 1.29 is 0 Å². The summed E-state index contributed by atoms with van der Waals surface area (Å²) in [6, 6.07) is 0. The lowest BCUT2D eigenvalue weighted by Gasteiger charge is -1.88. The number of aliphatic imine (C=N–C) groups is 1. The molecule has 0 aliphatic carbocycles. The number of hydrogen-bond acceptors (Lipinski definition) is 2. The molecule has 2 N–H and O–H groups in total. The van der Waals surface area contributed by atoms with E-state index < -0.39 is 0 Å². The molecule has 0 bridgehead atoms. The summed E-state index contributed by atoms with van der Waals surface area (Å²) < 4.78 is 0. The molecule has 0 aliphatic heterocycles. The SMILES string of the molecule is [C-]#[N+]/C(N)=C(/N=CC)[N+]#[C-]. The van der Waals surface area contributed by atoms with Gasteiger partial charge in [0.05, 0.1) is 6.21 Å². The lowest BCUT2D eigenvalue weighted by atomic mass is 10.6. The Hall–Kier alpha value is -1.81. The minimum atomic E-state index is -0.159. The van der Waals surface area contributed by atoms with Crippen molar-refractivity contribution in [3.8, 4) is 0 Å². The maximum absolute atomic E-state index is 6.53. The third kappa shape index (κ3) is 1.97. The van der Waals surface area contributed by atoms with Gasteiger partial charge in [0.25, 0.3) is 5.82 Å². The summed E-state index contributed by atoms with van der Waals surface area (Å²) in [6.07, 6.45) is 1.42. The molecule has 4 nitrogen and oxygen atoms in total. The van der Waals surface area contributed by atoms with Gasteiger partial charge in [-0.3, -0.25) is 0 Å². The summed E-state index contributed by atoms with van der Waals surface area (Å²) in [5.41, 5.74) is 5.11. The molecule has 0 saturated carbocycles. The van der Waals surface area contributed by atoms with Crippen LogP contribution in [-0.2, 0) is 0 Å². The highest BCUT2D eigenvalue weighted by Gasteiger charge is 1.95. The second kappa shape index (κ2) is 4.11. The predicted octanol–water partition coefficient (Wildman–Crippen LogP) is 1.00. The van der Waals surface area contributed by atoms with Gasteiger partial charge in [0, 0.05) is 0 Å². The summed E-state index contributed by atoms with van der Waals surface area (Å²) in [6.45, 7) is 14.6. The first-order valence-corrected chi connectivity index (χ1v) is 2.49. The van der Waals surface area contributed by atoms with Crippen LogP contribution in [0.1, 0.15) is 6.92 Å². The lowest BCUT2D eigenvalue weighted by Crippen LogP contribution is -1.93. The van der Waals surface area contributed by atoms with Crippen LogP contribution in [-0.4, -0.2) is 6.21 Å². The molecule has 0 spiro atoms. The van der Waals surface area contributed by atoms with Crippen LogP contribution in [0.5, 0.6) is 0 Å². The second-order valence-corrected chi connectivity index (χ2v) is 1.32. The van der Waals surface area contributed by atoms with E-state index in [2.05, 4.69) is 14.7 Å². The van der Waals surface area contributed by atoms with E-state index in [1.165, 1.54) is 6.21 Å². The largest absolute Gasteiger partial charge is 0.374 e. The van der Waals surface area contributed by atoms with Gasteiger partial charge < -0.3 is 15.4 Å². The van der Waals surface area contributed by atoms with E-state index in [0.29, 0.717) is 0 Å². The number of rotatable bonds is 1. The Kier molecular flexibility index (Phi) is 3.36. The van der Waals surface area contributed by atoms with Crippen molar-refractivity contribution in [1.29, 1.82) is 0 Å². The molecule has 0 radical (unpaired) electrons. The molecular formula is C6H6N4. The van der Waals surface area contributed by atoms with Crippen LogP contribution in [0.2, 0.25) is 0 Å². The molecule has 0 aromatic carbocycles. The van der Waals surface area contributed by atoms with Crippen molar-refractivity contribution >= 4 is 6.21 Å². The molecule has 0 saturated heterocycles. The highest BCUT2D eigenvalue weighted by atomic mass is 15.0. The van der Waals surface area contributed by atoms with Crippen LogP contribution >= 0.6 is 0 Å². The fourth-order valence-electron chi connectivity index (χ4n) is 0.325. The fourth-order valence-corrected chi connectivity index (χ4v) is 0.325. The van der Waals surface area contributed by atoms with E-state index in [4.69, 9.17) is 18.9 Å². The Bertz CT molecular complexity index is 248. The molecule has 0 unspecified atom stereocenters. The smallest absolute Gasteiger partial charge is 0.288 e. The molecule has 0 heterocycles. The normalized spacial score (nSPS) is 11.9. The first-order chi connectivity index (χ1) is 4.76. The van der Waals surface area contributed by atoms with Crippen molar-refractivity contribution in [2.75, 3.05) is 0 Å². The highest BCUT2D eigenvalue weighted by molar-refractivity contribution is 5.56. The lowest BCUT2D eigenvalue weighted by molar-refractivity contribution is 1.27. The van der Waals surface area contributed by atoms with Gasteiger partial charge in [-0.1, -0.05) is 13.1 Å². The minimum Gasteiger partial charge on any atom is -0.374 e. The van der Waals surface area contributed by atoms with Gasteiger partial charge in [-0.15, -0.1) is 4.99 Å². The third-order valence-corrected chi connectivity index (χ3v) is 0.707. The van der Waals surface area contributed by atoms with Crippen LogP contribution < -0.4 is 5.73 Å². The summed E-state index contributed by atoms with van der Waals surface area (Å²) >= 11 is 0. The van der Waals surface area contributed by atoms with E-state index in [0.717, 1.165) is 0 Å². The van der Waals surface area contributed by atoms with Crippen LogP contribution in [0.4, 0.5) is 0 Å². The number of nitrogens with zero attached hydrogens (tertiary/aromatic N) is 3. The maximum Gasteiger partial charge on any atom is 0.288 e. The quantitative estimate of drug-likeness (QED) is 0.422. The van der Waals surface area contributed by atoms with Gasteiger partial charge in [-0.2, -0.15) is 0 Å². The summed E-state index contributed by atoms with van der Waals surface area (Å²) in [4.78, 5) is 9.37. The van der Waals surface area contributed by atoms with Gasteiger partial charge in [0.2, 0.25) is 5.82 Å². The summed E-state index contributed by atoms with van der Waals surface area (Å²) in [7, 11) is 0. The molecule has 0 aromatic heterocycles.